The zero-order valence-electron chi connectivity index (χ0n) is 15.0. The zero-order valence-corrected chi connectivity index (χ0v) is 15.0. The minimum absolute atomic E-state index is 0.00164. The smallest absolute Gasteiger partial charge is 0.226 e. The second-order valence-corrected chi connectivity index (χ2v) is 8.02. The van der Waals surface area contributed by atoms with E-state index in [1.54, 1.807) is 0 Å². The van der Waals surface area contributed by atoms with Crippen LogP contribution in [0.25, 0.3) is 0 Å². The number of morpholine rings is 1. The molecule has 2 aliphatic rings. The van der Waals surface area contributed by atoms with Crippen molar-refractivity contribution in [2.75, 3.05) is 26.3 Å². The topological polar surface area (TPSA) is 38.8 Å². The summed E-state index contributed by atoms with van der Waals surface area (Å²) in [4.78, 5) is 15.1. The molecule has 1 aromatic rings. The lowest BCUT2D eigenvalue weighted by atomic mass is 9.86. The van der Waals surface area contributed by atoms with Gasteiger partial charge in [0.2, 0.25) is 5.91 Å². The molecular formula is C20H29NO3. The molecule has 0 aliphatic carbocycles. The third-order valence-corrected chi connectivity index (χ3v) is 5.12. The molecule has 4 nitrogen and oxygen atoms in total. The number of rotatable bonds is 2. The molecule has 1 amide bonds. The van der Waals surface area contributed by atoms with Crippen molar-refractivity contribution in [1.29, 1.82) is 0 Å². The largest absolute Gasteiger partial charge is 0.381 e. The van der Waals surface area contributed by atoms with Crippen molar-refractivity contribution in [3.63, 3.8) is 0 Å². The van der Waals surface area contributed by atoms with Crippen molar-refractivity contribution in [3.05, 3.63) is 35.9 Å². The molecule has 1 aromatic carbocycles. The molecule has 4 heteroatoms. The Bertz CT molecular complexity index is 546. The first kappa shape index (κ1) is 17.4. The summed E-state index contributed by atoms with van der Waals surface area (Å²) in [6.07, 6.45) is 1.67. The second-order valence-electron chi connectivity index (χ2n) is 8.02. The number of hydrogen-bond donors (Lipinski definition) is 0. The summed E-state index contributed by atoms with van der Waals surface area (Å²) in [6, 6.07) is 10.3. The highest BCUT2D eigenvalue weighted by Gasteiger charge is 2.39. The summed E-state index contributed by atoms with van der Waals surface area (Å²) < 4.78 is 11.8. The average molecular weight is 331 g/mol. The van der Waals surface area contributed by atoms with Gasteiger partial charge in [-0.3, -0.25) is 4.79 Å². The molecule has 0 aromatic heterocycles. The Kier molecular flexibility index (Phi) is 5.26. The van der Waals surface area contributed by atoms with Crippen molar-refractivity contribution in [2.45, 2.75) is 45.8 Å². The second kappa shape index (κ2) is 7.24. The van der Waals surface area contributed by atoms with Gasteiger partial charge in [-0.25, -0.2) is 0 Å². The van der Waals surface area contributed by atoms with Crippen molar-refractivity contribution < 1.29 is 14.3 Å². The molecular weight excluding hydrogens is 302 g/mol. The lowest BCUT2D eigenvalue weighted by Gasteiger charge is -2.44. The Morgan fingerprint density at radius 1 is 1.08 bits per heavy atom. The van der Waals surface area contributed by atoms with E-state index in [0.29, 0.717) is 26.3 Å². The minimum Gasteiger partial charge on any atom is -0.381 e. The van der Waals surface area contributed by atoms with E-state index in [4.69, 9.17) is 9.47 Å². The standard InChI is InChI=1S/C20H29NO3/c1-20(2,3)18-14-21(19(22)16-9-11-23-12-10-16)13-17(24-18)15-7-5-4-6-8-15/h4-8,16-18H,9-14H2,1-3H3/t17-,18+/m0/s1. The van der Waals surface area contributed by atoms with Gasteiger partial charge in [-0.1, -0.05) is 51.1 Å². The summed E-state index contributed by atoms with van der Waals surface area (Å²) in [5, 5.41) is 0. The summed E-state index contributed by atoms with van der Waals surface area (Å²) in [7, 11) is 0. The van der Waals surface area contributed by atoms with E-state index in [9.17, 15) is 4.79 Å². The molecule has 2 heterocycles. The third-order valence-electron chi connectivity index (χ3n) is 5.12. The quantitative estimate of drug-likeness (QED) is 0.833. The van der Waals surface area contributed by atoms with Crippen molar-refractivity contribution in [1.82, 2.24) is 4.90 Å². The first-order chi connectivity index (χ1) is 11.4. The van der Waals surface area contributed by atoms with Crippen molar-refractivity contribution in [3.8, 4) is 0 Å². The van der Waals surface area contributed by atoms with Gasteiger partial charge in [-0.05, 0) is 23.8 Å². The third kappa shape index (κ3) is 3.98. The van der Waals surface area contributed by atoms with Crippen LogP contribution in [0.15, 0.2) is 30.3 Å². The highest BCUT2D eigenvalue weighted by Crippen LogP contribution is 2.34. The molecule has 0 saturated carbocycles. The predicted octanol–water partition coefficient (Wildman–Crippen LogP) is 3.43. The molecule has 0 unspecified atom stereocenters. The number of amides is 1. The lowest BCUT2D eigenvalue weighted by Crippen LogP contribution is -2.53. The van der Waals surface area contributed by atoms with Gasteiger partial charge in [0.15, 0.2) is 0 Å². The number of ether oxygens (including phenoxy) is 2. The van der Waals surface area contributed by atoms with Gasteiger partial charge >= 0.3 is 0 Å². The molecule has 132 valence electrons. The van der Waals surface area contributed by atoms with Crippen LogP contribution in [0, 0.1) is 11.3 Å². The van der Waals surface area contributed by atoms with Gasteiger partial charge in [0.1, 0.15) is 6.10 Å². The molecule has 0 N–H and O–H groups in total. The Balaban J connectivity index is 1.78. The summed E-state index contributed by atoms with van der Waals surface area (Å²) in [5.74, 6) is 0.380. The maximum Gasteiger partial charge on any atom is 0.226 e. The Labute approximate surface area is 145 Å². The molecule has 2 saturated heterocycles. The Morgan fingerprint density at radius 3 is 2.38 bits per heavy atom. The van der Waals surface area contributed by atoms with Gasteiger partial charge in [-0.2, -0.15) is 0 Å². The predicted molar refractivity (Wildman–Crippen MR) is 93.6 cm³/mol. The number of benzene rings is 1. The van der Waals surface area contributed by atoms with Crippen LogP contribution in [0.2, 0.25) is 0 Å². The zero-order chi connectivity index (χ0) is 17.2. The van der Waals surface area contributed by atoms with Gasteiger partial charge in [0.25, 0.3) is 0 Å². The minimum atomic E-state index is -0.0482. The number of carbonyl (C=O) groups excluding carboxylic acids is 1. The monoisotopic (exact) mass is 331 g/mol. The molecule has 0 bridgehead atoms. The fraction of sp³-hybridized carbons (Fsp3) is 0.650. The molecule has 24 heavy (non-hydrogen) atoms. The Morgan fingerprint density at radius 2 is 1.75 bits per heavy atom. The number of hydrogen-bond acceptors (Lipinski definition) is 3. The first-order valence-corrected chi connectivity index (χ1v) is 9.02. The fourth-order valence-electron chi connectivity index (χ4n) is 3.47. The normalized spacial score (nSPS) is 26.4. The van der Waals surface area contributed by atoms with E-state index in [2.05, 4.69) is 32.9 Å². The van der Waals surface area contributed by atoms with Crippen LogP contribution in [-0.2, 0) is 14.3 Å². The van der Waals surface area contributed by atoms with E-state index in [0.717, 1.165) is 18.4 Å². The maximum atomic E-state index is 13.0. The fourth-order valence-corrected chi connectivity index (χ4v) is 3.47. The Hall–Kier alpha value is -1.39. The van der Waals surface area contributed by atoms with E-state index in [-0.39, 0.29) is 29.4 Å². The molecule has 2 fully saturated rings. The van der Waals surface area contributed by atoms with Crippen LogP contribution in [0.3, 0.4) is 0 Å². The summed E-state index contributed by atoms with van der Waals surface area (Å²) in [5.41, 5.74) is 1.15. The van der Waals surface area contributed by atoms with Crippen LogP contribution in [-0.4, -0.2) is 43.2 Å². The molecule has 3 rings (SSSR count). The van der Waals surface area contributed by atoms with Crippen LogP contribution in [0.4, 0.5) is 0 Å². The van der Waals surface area contributed by atoms with E-state index < -0.39 is 0 Å². The van der Waals surface area contributed by atoms with Crippen LogP contribution in [0.1, 0.15) is 45.3 Å². The van der Waals surface area contributed by atoms with Crippen molar-refractivity contribution >= 4 is 5.91 Å². The summed E-state index contributed by atoms with van der Waals surface area (Å²) in [6.45, 7) is 9.28. The molecule has 0 radical (unpaired) electrons. The number of carbonyl (C=O) groups is 1. The highest BCUT2D eigenvalue weighted by molar-refractivity contribution is 5.79. The maximum absolute atomic E-state index is 13.0. The van der Waals surface area contributed by atoms with Crippen LogP contribution in [0.5, 0.6) is 0 Å². The van der Waals surface area contributed by atoms with E-state index in [1.807, 2.05) is 23.1 Å². The first-order valence-electron chi connectivity index (χ1n) is 9.02. The van der Waals surface area contributed by atoms with Crippen LogP contribution >= 0.6 is 0 Å². The van der Waals surface area contributed by atoms with Crippen LogP contribution < -0.4 is 0 Å². The van der Waals surface area contributed by atoms with E-state index in [1.165, 1.54) is 0 Å². The summed E-state index contributed by atoms with van der Waals surface area (Å²) >= 11 is 0. The van der Waals surface area contributed by atoms with Gasteiger partial charge in [-0.15, -0.1) is 0 Å². The van der Waals surface area contributed by atoms with Gasteiger partial charge < -0.3 is 14.4 Å². The highest BCUT2D eigenvalue weighted by atomic mass is 16.5. The lowest BCUT2D eigenvalue weighted by molar-refractivity contribution is -0.162. The molecule has 2 atom stereocenters. The molecule has 2 aliphatic heterocycles. The van der Waals surface area contributed by atoms with Gasteiger partial charge in [0, 0.05) is 25.7 Å². The van der Waals surface area contributed by atoms with Crippen molar-refractivity contribution in [2.24, 2.45) is 11.3 Å². The SMILES string of the molecule is CC(C)(C)[C@H]1CN(C(=O)C2CCOCC2)C[C@@H](c2ccccc2)O1. The van der Waals surface area contributed by atoms with E-state index >= 15 is 0 Å². The average Bonchev–Trinajstić information content (AvgIpc) is 2.61. The number of nitrogens with zero attached hydrogens (tertiary/aromatic N) is 1. The van der Waals surface area contributed by atoms with Gasteiger partial charge in [0.05, 0.1) is 12.6 Å². The molecule has 0 spiro atoms.